The van der Waals surface area contributed by atoms with Crippen LogP contribution in [0.4, 0.5) is 0 Å². The molecule has 0 spiro atoms. The average Bonchev–Trinajstić information content (AvgIpc) is 3.12. The van der Waals surface area contributed by atoms with E-state index in [0.717, 1.165) is 4.47 Å². The van der Waals surface area contributed by atoms with Crippen molar-refractivity contribution < 1.29 is 0 Å². The smallest absolute Gasteiger partial charge is 0.0175 e. The molecule has 5 aromatic carbocycles. The fourth-order valence-electron chi connectivity index (χ4n) is 5.42. The van der Waals surface area contributed by atoms with E-state index in [1.165, 1.54) is 55.6 Å². The highest BCUT2D eigenvalue weighted by Gasteiger charge is 2.37. The quantitative estimate of drug-likeness (QED) is 0.231. The Balaban J connectivity index is 1.60. The van der Waals surface area contributed by atoms with Crippen molar-refractivity contribution in [2.45, 2.75) is 19.3 Å². The average molecular weight is 501 g/mol. The first-order chi connectivity index (χ1) is 16.5. The third kappa shape index (κ3) is 3.35. The third-order valence-corrected chi connectivity index (χ3v) is 7.71. The predicted molar refractivity (Wildman–Crippen MR) is 148 cm³/mol. The molecule has 1 aliphatic rings. The number of hydrogen-bond donors (Lipinski definition) is 0. The van der Waals surface area contributed by atoms with E-state index in [2.05, 4.69) is 145 Å². The van der Waals surface area contributed by atoms with Crippen LogP contribution < -0.4 is 0 Å². The van der Waals surface area contributed by atoms with Gasteiger partial charge in [0.1, 0.15) is 0 Å². The van der Waals surface area contributed by atoms with Gasteiger partial charge in [-0.25, -0.2) is 0 Å². The molecule has 0 heterocycles. The van der Waals surface area contributed by atoms with Crippen molar-refractivity contribution in [1.29, 1.82) is 0 Å². The largest absolute Gasteiger partial charge is 0.0622 e. The van der Waals surface area contributed by atoms with E-state index in [0.29, 0.717) is 0 Å². The Morgan fingerprint density at radius 1 is 0.441 bits per heavy atom. The van der Waals surface area contributed by atoms with Crippen LogP contribution in [0.3, 0.4) is 0 Å². The Bertz CT molecular complexity index is 1490. The Labute approximate surface area is 210 Å². The highest BCUT2D eigenvalue weighted by molar-refractivity contribution is 9.10. The van der Waals surface area contributed by atoms with Gasteiger partial charge in [0.15, 0.2) is 0 Å². The molecule has 0 saturated carbocycles. The van der Waals surface area contributed by atoms with Crippen molar-refractivity contribution in [2.24, 2.45) is 0 Å². The lowest BCUT2D eigenvalue weighted by atomic mass is 9.80. The van der Waals surface area contributed by atoms with Gasteiger partial charge in [-0.05, 0) is 67.8 Å². The van der Waals surface area contributed by atoms with Crippen molar-refractivity contribution in [3.05, 3.63) is 131 Å². The number of benzene rings is 5. The minimum atomic E-state index is -0.0206. The van der Waals surface area contributed by atoms with E-state index in [1.54, 1.807) is 0 Å². The lowest BCUT2D eigenvalue weighted by Gasteiger charge is -2.23. The van der Waals surface area contributed by atoms with E-state index < -0.39 is 0 Å². The highest BCUT2D eigenvalue weighted by atomic mass is 79.9. The standard InChI is InChI=1S/C33H25Br/c1-33(2)29-11-7-6-10-28(29)32-30(33)21-20-27(24-8-4-3-5-9-24)31(32)25-14-12-22(13-15-25)23-16-18-26(34)19-17-23/h3-21H,1-2H3. The van der Waals surface area contributed by atoms with Crippen molar-refractivity contribution >= 4 is 15.9 Å². The molecular weight excluding hydrogens is 476 g/mol. The molecule has 6 rings (SSSR count). The summed E-state index contributed by atoms with van der Waals surface area (Å²) in [5.74, 6) is 0. The molecule has 0 N–H and O–H groups in total. The van der Waals surface area contributed by atoms with Crippen LogP contribution in [-0.2, 0) is 5.41 Å². The number of fused-ring (bicyclic) bond motifs is 3. The number of hydrogen-bond acceptors (Lipinski definition) is 0. The second kappa shape index (κ2) is 8.11. The molecular formula is C33H25Br. The summed E-state index contributed by atoms with van der Waals surface area (Å²) in [6.07, 6.45) is 0. The zero-order valence-corrected chi connectivity index (χ0v) is 20.9. The maximum absolute atomic E-state index is 3.54. The van der Waals surface area contributed by atoms with Gasteiger partial charge in [0.05, 0.1) is 0 Å². The molecule has 0 amide bonds. The van der Waals surface area contributed by atoms with Crippen molar-refractivity contribution in [3.8, 4) is 44.5 Å². The first kappa shape index (κ1) is 21.1. The molecule has 0 aromatic heterocycles. The summed E-state index contributed by atoms with van der Waals surface area (Å²) in [5, 5.41) is 0. The van der Waals surface area contributed by atoms with Crippen molar-refractivity contribution in [1.82, 2.24) is 0 Å². The second-order valence-electron chi connectivity index (χ2n) is 9.53. The molecule has 0 atom stereocenters. The second-order valence-corrected chi connectivity index (χ2v) is 10.4. The summed E-state index contributed by atoms with van der Waals surface area (Å²) in [6, 6.07) is 41.9. The van der Waals surface area contributed by atoms with Crippen molar-refractivity contribution in [2.75, 3.05) is 0 Å². The molecule has 5 aromatic rings. The van der Waals surface area contributed by atoms with Crippen LogP contribution in [0.25, 0.3) is 44.5 Å². The molecule has 0 saturated heterocycles. The van der Waals surface area contributed by atoms with Gasteiger partial charge in [0.2, 0.25) is 0 Å². The van der Waals surface area contributed by atoms with Gasteiger partial charge in [0.25, 0.3) is 0 Å². The summed E-state index contributed by atoms with van der Waals surface area (Å²) < 4.78 is 1.10. The van der Waals surface area contributed by atoms with Crippen LogP contribution in [0.15, 0.2) is 120 Å². The molecule has 0 aliphatic heterocycles. The minimum absolute atomic E-state index is 0.0206. The first-order valence-electron chi connectivity index (χ1n) is 11.7. The van der Waals surface area contributed by atoms with Gasteiger partial charge in [0, 0.05) is 9.89 Å². The maximum Gasteiger partial charge on any atom is 0.0175 e. The summed E-state index contributed by atoms with van der Waals surface area (Å²) in [4.78, 5) is 0. The number of halogens is 1. The van der Waals surface area contributed by atoms with E-state index in [1.807, 2.05) is 0 Å². The molecule has 0 unspecified atom stereocenters. The lowest BCUT2D eigenvalue weighted by Crippen LogP contribution is -2.14. The van der Waals surface area contributed by atoms with Gasteiger partial charge < -0.3 is 0 Å². The van der Waals surface area contributed by atoms with Gasteiger partial charge in [-0.2, -0.15) is 0 Å². The Morgan fingerprint density at radius 3 is 1.74 bits per heavy atom. The summed E-state index contributed by atoms with van der Waals surface area (Å²) in [6.45, 7) is 4.69. The van der Waals surface area contributed by atoms with Crippen LogP contribution >= 0.6 is 15.9 Å². The molecule has 164 valence electrons. The van der Waals surface area contributed by atoms with Crippen LogP contribution in [0.5, 0.6) is 0 Å². The molecule has 0 bridgehead atoms. The first-order valence-corrected chi connectivity index (χ1v) is 12.5. The Morgan fingerprint density at radius 2 is 1.03 bits per heavy atom. The van der Waals surface area contributed by atoms with E-state index in [9.17, 15) is 0 Å². The predicted octanol–water partition coefficient (Wildman–Crippen LogP) is 9.76. The third-order valence-electron chi connectivity index (χ3n) is 7.18. The zero-order valence-electron chi connectivity index (χ0n) is 19.3. The van der Waals surface area contributed by atoms with E-state index in [4.69, 9.17) is 0 Å². The van der Waals surface area contributed by atoms with E-state index in [-0.39, 0.29) is 5.41 Å². The summed E-state index contributed by atoms with van der Waals surface area (Å²) >= 11 is 3.54. The van der Waals surface area contributed by atoms with Gasteiger partial charge in [-0.1, -0.05) is 133 Å². The normalized spacial score (nSPS) is 13.4. The van der Waals surface area contributed by atoms with E-state index >= 15 is 0 Å². The molecule has 0 nitrogen and oxygen atoms in total. The topological polar surface area (TPSA) is 0 Å². The molecule has 0 fully saturated rings. The Hall–Kier alpha value is -3.42. The monoisotopic (exact) mass is 500 g/mol. The molecule has 1 heteroatoms. The SMILES string of the molecule is CC1(C)c2ccccc2-c2c1ccc(-c1ccccc1)c2-c1ccc(-c2ccc(Br)cc2)cc1. The fourth-order valence-corrected chi connectivity index (χ4v) is 5.69. The molecule has 0 radical (unpaired) electrons. The van der Waals surface area contributed by atoms with Crippen LogP contribution in [0, 0.1) is 0 Å². The van der Waals surface area contributed by atoms with Crippen LogP contribution in [0.2, 0.25) is 0 Å². The molecule has 34 heavy (non-hydrogen) atoms. The van der Waals surface area contributed by atoms with Crippen LogP contribution in [-0.4, -0.2) is 0 Å². The highest BCUT2D eigenvalue weighted by Crippen LogP contribution is 2.54. The maximum atomic E-state index is 3.54. The number of rotatable bonds is 3. The minimum Gasteiger partial charge on any atom is -0.0622 e. The lowest BCUT2D eigenvalue weighted by molar-refractivity contribution is 0.660. The van der Waals surface area contributed by atoms with Gasteiger partial charge >= 0.3 is 0 Å². The Kier molecular flexibility index (Phi) is 5.04. The zero-order chi connectivity index (χ0) is 23.3. The molecule has 1 aliphatic carbocycles. The fraction of sp³-hybridized carbons (Fsp3) is 0.0909. The summed E-state index contributed by atoms with van der Waals surface area (Å²) in [5.41, 5.74) is 13.1. The van der Waals surface area contributed by atoms with Crippen LogP contribution in [0.1, 0.15) is 25.0 Å². The van der Waals surface area contributed by atoms with Gasteiger partial charge in [-0.15, -0.1) is 0 Å². The van der Waals surface area contributed by atoms with Gasteiger partial charge in [-0.3, -0.25) is 0 Å². The van der Waals surface area contributed by atoms with Crippen molar-refractivity contribution in [3.63, 3.8) is 0 Å². The summed E-state index contributed by atoms with van der Waals surface area (Å²) in [7, 11) is 0.